The summed E-state index contributed by atoms with van der Waals surface area (Å²) in [5.74, 6) is -0.621. The predicted octanol–water partition coefficient (Wildman–Crippen LogP) is 6.87. The number of anilines is 1. The number of para-hydroxylation sites is 1. The minimum atomic E-state index is -4.53. The minimum Gasteiger partial charge on any atom is -0.326 e. The van der Waals surface area contributed by atoms with Gasteiger partial charge in [0.05, 0.1) is 16.2 Å². The first kappa shape index (κ1) is 25.5. The van der Waals surface area contributed by atoms with Crippen molar-refractivity contribution in [2.75, 3.05) is 11.9 Å². The van der Waals surface area contributed by atoms with Gasteiger partial charge in [-0.2, -0.15) is 13.2 Å². The average molecular weight is 557 g/mol. The number of amides is 2. The zero-order chi connectivity index (χ0) is 24.0. The molecule has 0 bridgehead atoms. The second-order valence-electron chi connectivity index (χ2n) is 7.29. The number of halogens is 4. The first-order valence-electron chi connectivity index (χ1n) is 10.1. The maximum atomic E-state index is 13.0. The SMILES string of the molecule is O=C(CCCCCN1C(=O)/C(=C/c2ccc(Br)cc2)SC1=S)Nc1ccccc1C(F)(F)F. The summed E-state index contributed by atoms with van der Waals surface area (Å²) in [6.45, 7) is 0.431. The van der Waals surface area contributed by atoms with Crippen molar-refractivity contribution in [3.8, 4) is 0 Å². The fourth-order valence-electron chi connectivity index (χ4n) is 3.19. The molecule has 2 aromatic carbocycles. The number of thioether (sulfide) groups is 1. The van der Waals surface area contributed by atoms with E-state index in [9.17, 15) is 22.8 Å². The molecular formula is C23H20BrF3N2O2S2. The van der Waals surface area contributed by atoms with Crippen LogP contribution in [0.4, 0.5) is 18.9 Å². The topological polar surface area (TPSA) is 49.4 Å². The third kappa shape index (κ3) is 7.15. The van der Waals surface area contributed by atoms with Crippen molar-refractivity contribution in [1.82, 2.24) is 4.90 Å². The van der Waals surface area contributed by atoms with Crippen LogP contribution in [-0.4, -0.2) is 27.6 Å². The van der Waals surface area contributed by atoms with Crippen molar-refractivity contribution in [2.24, 2.45) is 0 Å². The molecule has 2 amide bonds. The van der Waals surface area contributed by atoms with Crippen molar-refractivity contribution < 1.29 is 22.8 Å². The largest absolute Gasteiger partial charge is 0.418 e. The monoisotopic (exact) mass is 556 g/mol. The van der Waals surface area contributed by atoms with E-state index in [0.29, 0.717) is 35.0 Å². The Hall–Kier alpha value is -2.17. The van der Waals surface area contributed by atoms with Gasteiger partial charge in [-0.1, -0.05) is 70.6 Å². The Labute approximate surface area is 207 Å². The van der Waals surface area contributed by atoms with E-state index in [-0.39, 0.29) is 18.0 Å². The number of hydrogen-bond donors (Lipinski definition) is 1. The van der Waals surface area contributed by atoms with Crippen LogP contribution >= 0.6 is 39.9 Å². The Morgan fingerprint density at radius 2 is 1.79 bits per heavy atom. The average Bonchev–Trinajstić information content (AvgIpc) is 3.02. The summed E-state index contributed by atoms with van der Waals surface area (Å²) < 4.78 is 40.5. The number of rotatable bonds is 8. The van der Waals surface area contributed by atoms with Gasteiger partial charge in [-0.05, 0) is 48.7 Å². The lowest BCUT2D eigenvalue weighted by molar-refractivity contribution is -0.137. The first-order chi connectivity index (χ1) is 15.6. The van der Waals surface area contributed by atoms with E-state index in [1.54, 1.807) is 11.0 Å². The molecule has 1 N–H and O–H groups in total. The number of carbonyl (C=O) groups excluding carboxylic acids is 2. The van der Waals surface area contributed by atoms with Crippen LogP contribution in [0.2, 0.25) is 0 Å². The molecule has 0 unspecified atom stereocenters. The fraction of sp³-hybridized carbons (Fsp3) is 0.261. The van der Waals surface area contributed by atoms with E-state index >= 15 is 0 Å². The molecule has 3 rings (SSSR count). The van der Waals surface area contributed by atoms with Gasteiger partial charge in [0.1, 0.15) is 4.32 Å². The van der Waals surface area contributed by atoms with Crippen LogP contribution in [0.5, 0.6) is 0 Å². The van der Waals surface area contributed by atoms with Gasteiger partial charge in [0.15, 0.2) is 0 Å². The standard InChI is InChI=1S/C23H20BrF3N2O2S2/c24-16-11-9-15(10-12-16)14-19-21(31)29(22(32)33-19)13-5-1-2-8-20(30)28-18-7-4-3-6-17(18)23(25,26)27/h3-4,6-7,9-12,14H,1-2,5,8,13H2,(H,28,30)/b19-14-. The number of thiocarbonyl (C=S) groups is 1. The molecule has 1 fully saturated rings. The molecule has 10 heteroatoms. The number of nitrogens with one attached hydrogen (secondary N) is 1. The summed E-state index contributed by atoms with van der Waals surface area (Å²) in [5, 5.41) is 2.34. The molecule has 4 nitrogen and oxygen atoms in total. The van der Waals surface area contributed by atoms with Gasteiger partial charge in [0.2, 0.25) is 5.91 Å². The Bertz CT molecular complexity index is 1070. The summed E-state index contributed by atoms with van der Waals surface area (Å²) in [5.41, 5.74) is -0.217. The van der Waals surface area contributed by atoms with Gasteiger partial charge in [-0.25, -0.2) is 0 Å². The zero-order valence-electron chi connectivity index (χ0n) is 17.3. The molecule has 1 aliphatic heterocycles. The zero-order valence-corrected chi connectivity index (χ0v) is 20.5. The fourth-order valence-corrected chi connectivity index (χ4v) is 4.76. The molecule has 1 aliphatic rings. The van der Waals surface area contributed by atoms with Gasteiger partial charge in [0.25, 0.3) is 5.91 Å². The summed E-state index contributed by atoms with van der Waals surface area (Å²) >= 11 is 9.96. The van der Waals surface area contributed by atoms with E-state index in [1.165, 1.54) is 30.0 Å². The third-order valence-corrected chi connectivity index (χ3v) is 6.74. The molecule has 0 radical (unpaired) electrons. The molecule has 1 saturated heterocycles. The van der Waals surface area contributed by atoms with Crippen LogP contribution in [0.1, 0.15) is 36.8 Å². The highest BCUT2D eigenvalue weighted by atomic mass is 79.9. The van der Waals surface area contributed by atoms with E-state index in [1.807, 2.05) is 24.3 Å². The Balaban J connectivity index is 1.44. The Kier molecular flexibility index (Phi) is 8.72. The summed E-state index contributed by atoms with van der Waals surface area (Å²) in [7, 11) is 0. The quantitative estimate of drug-likeness (QED) is 0.219. The first-order valence-corrected chi connectivity index (χ1v) is 12.1. The number of benzene rings is 2. The number of carbonyl (C=O) groups is 2. The van der Waals surface area contributed by atoms with Crippen LogP contribution in [0.15, 0.2) is 57.9 Å². The maximum absolute atomic E-state index is 13.0. The molecule has 0 saturated carbocycles. The molecule has 0 atom stereocenters. The molecule has 0 aliphatic carbocycles. The summed E-state index contributed by atoms with van der Waals surface area (Å²) in [6.07, 6.45) is -0.888. The van der Waals surface area contributed by atoms with E-state index in [0.717, 1.165) is 16.1 Å². The molecular weight excluding hydrogens is 537 g/mol. The lowest BCUT2D eigenvalue weighted by Crippen LogP contribution is -2.29. The molecule has 1 heterocycles. The summed E-state index contributed by atoms with van der Waals surface area (Å²) in [4.78, 5) is 26.8. The van der Waals surface area contributed by atoms with Crippen molar-refractivity contribution in [3.05, 3.63) is 69.0 Å². The second-order valence-corrected chi connectivity index (χ2v) is 9.88. The van der Waals surface area contributed by atoms with Crippen molar-refractivity contribution in [2.45, 2.75) is 31.9 Å². The Morgan fingerprint density at radius 3 is 2.48 bits per heavy atom. The number of hydrogen-bond acceptors (Lipinski definition) is 4. The van der Waals surface area contributed by atoms with Crippen LogP contribution in [-0.2, 0) is 15.8 Å². The highest BCUT2D eigenvalue weighted by Crippen LogP contribution is 2.35. The van der Waals surface area contributed by atoms with Gasteiger partial charge >= 0.3 is 6.18 Å². The van der Waals surface area contributed by atoms with E-state index in [2.05, 4.69) is 21.2 Å². The van der Waals surface area contributed by atoms with Crippen LogP contribution in [0.25, 0.3) is 6.08 Å². The lowest BCUT2D eigenvalue weighted by atomic mass is 10.1. The predicted molar refractivity (Wildman–Crippen MR) is 133 cm³/mol. The summed E-state index contributed by atoms with van der Waals surface area (Å²) in [6, 6.07) is 12.5. The maximum Gasteiger partial charge on any atom is 0.418 e. The van der Waals surface area contributed by atoms with Crippen molar-refractivity contribution in [1.29, 1.82) is 0 Å². The molecule has 174 valence electrons. The van der Waals surface area contributed by atoms with E-state index in [4.69, 9.17) is 12.2 Å². The molecule has 0 aromatic heterocycles. The molecule has 2 aromatic rings. The highest BCUT2D eigenvalue weighted by Gasteiger charge is 2.33. The molecule has 33 heavy (non-hydrogen) atoms. The second kappa shape index (κ2) is 11.3. The lowest BCUT2D eigenvalue weighted by Gasteiger charge is -2.14. The normalized spacial score (nSPS) is 15.4. The number of unbranched alkanes of at least 4 members (excludes halogenated alkanes) is 2. The van der Waals surface area contributed by atoms with Crippen molar-refractivity contribution >= 4 is 67.8 Å². The highest BCUT2D eigenvalue weighted by molar-refractivity contribution is 9.10. The number of nitrogens with zero attached hydrogens (tertiary/aromatic N) is 1. The van der Waals surface area contributed by atoms with Gasteiger partial charge in [-0.15, -0.1) is 0 Å². The smallest absolute Gasteiger partial charge is 0.326 e. The van der Waals surface area contributed by atoms with E-state index < -0.39 is 17.6 Å². The number of alkyl halides is 3. The van der Waals surface area contributed by atoms with Gasteiger partial charge < -0.3 is 5.32 Å². The third-order valence-electron chi connectivity index (χ3n) is 4.83. The van der Waals surface area contributed by atoms with Crippen LogP contribution in [0, 0.1) is 0 Å². The minimum absolute atomic E-state index is 0.0913. The van der Waals surface area contributed by atoms with Crippen LogP contribution in [0.3, 0.4) is 0 Å². The van der Waals surface area contributed by atoms with Gasteiger partial charge in [0, 0.05) is 17.4 Å². The van der Waals surface area contributed by atoms with Gasteiger partial charge in [-0.3, -0.25) is 14.5 Å². The molecule has 0 spiro atoms. The van der Waals surface area contributed by atoms with Crippen LogP contribution < -0.4 is 5.32 Å². The van der Waals surface area contributed by atoms with Crippen molar-refractivity contribution in [3.63, 3.8) is 0 Å². The Morgan fingerprint density at radius 1 is 1.09 bits per heavy atom.